The molecule has 7 nitrogen and oxygen atoms in total. The van der Waals surface area contributed by atoms with Crippen LogP contribution in [-0.2, 0) is 32.2 Å². The first-order valence-corrected chi connectivity index (χ1v) is 12.1. The monoisotopic (exact) mass is 464 g/mol. The molecule has 1 saturated carbocycles. The van der Waals surface area contributed by atoms with Crippen LogP contribution in [0.4, 0.5) is 4.79 Å². The minimum atomic E-state index is -0.606. The summed E-state index contributed by atoms with van der Waals surface area (Å²) in [5.41, 5.74) is 1.97. The number of amides is 3. The molecule has 0 bridgehead atoms. The number of imide groups is 1. The minimum absolute atomic E-state index is 0.105. The average Bonchev–Trinajstić information content (AvgIpc) is 3.51. The molecular weight excluding hydrogens is 432 g/mol. The number of rotatable bonds is 11. The van der Waals surface area contributed by atoms with Gasteiger partial charge in [-0.15, -0.1) is 0 Å². The van der Waals surface area contributed by atoms with E-state index < -0.39 is 12.0 Å². The summed E-state index contributed by atoms with van der Waals surface area (Å²) in [6, 6.07) is 19.0. The van der Waals surface area contributed by atoms with Crippen LogP contribution in [0.2, 0.25) is 0 Å². The van der Waals surface area contributed by atoms with Gasteiger partial charge in [-0.3, -0.25) is 14.4 Å². The largest absolute Gasteiger partial charge is 0.447 e. The van der Waals surface area contributed by atoms with E-state index in [4.69, 9.17) is 9.57 Å². The van der Waals surface area contributed by atoms with Crippen LogP contribution in [0, 0.1) is 11.8 Å². The normalized spacial score (nSPS) is 19.1. The number of cyclic esters (lactones) is 1. The highest BCUT2D eigenvalue weighted by molar-refractivity contribution is 5.95. The molecule has 2 aromatic carbocycles. The molecule has 1 aliphatic carbocycles. The predicted octanol–water partition coefficient (Wildman–Crippen LogP) is 4.36. The first-order chi connectivity index (χ1) is 16.6. The van der Waals surface area contributed by atoms with Crippen molar-refractivity contribution in [3.63, 3.8) is 0 Å². The highest BCUT2D eigenvalue weighted by atomic mass is 16.7. The topological polar surface area (TPSA) is 76.2 Å². The van der Waals surface area contributed by atoms with Gasteiger partial charge in [-0.2, -0.15) is 0 Å². The zero-order valence-electron chi connectivity index (χ0n) is 19.4. The van der Waals surface area contributed by atoms with Crippen LogP contribution < -0.4 is 0 Å². The fourth-order valence-corrected chi connectivity index (χ4v) is 4.94. The van der Waals surface area contributed by atoms with Crippen LogP contribution in [0.3, 0.4) is 0 Å². The highest BCUT2D eigenvalue weighted by Gasteiger charge is 2.42. The Balaban J connectivity index is 1.47. The molecule has 2 aliphatic rings. The number of hydroxylamine groups is 2. The van der Waals surface area contributed by atoms with Crippen molar-refractivity contribution < 1.29 is 24.0 Å². The van der Waals surface area contributed by atoms with Crippen LogP contribution in [-0.4, -0.2) is 47.6 Å². The molecule has 2 atom stereocenters. The van der Waals surface area contributed by atoms with Gasteiger partial charge in [0, 0.05) is 0 Å². The number of hydrogen-bond donors (Lipinski definition) is 0. The van der Waals surface area contributed by atoms with Crippen molar-refractivity contribution in [2.24, 2.45) is 11.8 Å². The van der Waals surface area contributed by atoms with Gasteiger partial charge in [0.05, 0.1) is 18.5 Å². The molecule has 3 amide bonds. The Labute approximate surface area is 200 Å². The zero-order valence-corrected chi connectivity index (χ0v) is 19.4. The fourth-order valence-electron chi connectivity index (χ4n) is 4.94. The maximum atomic E-state index is 13.7. The van der Waals surface area contributed by atoms with Crippen LogP contribution in [0.5, 0.6) is 0 Å². The molecule has 0 radical (unpaired) electrons. The second-order valence-electron chi connectivity index (χ2n) is 9.18. The molecule has 2 unspecified atom stereocenters. The van der Waals surface area contributed by atoms with Gasteiger partial charge in [0.25, 0.3) is 0 Å². The number of hydrogen-bond acceptors (Lipinski definition) is 5. The molecule has 7 heteroatoms. The van der Waals surface area contributed by atoms with E-state index in [9.17, 15) is 14.4 Å². The molecule has 2 fully saturated rings. The third-order valence-electron chi connectivity index (χ3n) is 6.71. The standard InChI is InChI=1S/C27H32N2O5/c30-20-28(34-18-23-13-5-2-6-14-23)17-24(15-21-11-7-8-12-21)26(31)29-25(19-33-27(29)32)16-22-9-3-1-4-10-22/h1-6,9-10,13-14,20-21,24-25H,7-8,11-12,15-19H2. The first kappa shape index (κ1) is 24.0. The van der Waals surface area contributed by atoms with Gasteiger partial charge >= 0.3 is 6.09 Å². The summed E-state index contributed by atoms with van der Waals surface area (Å²) in [6.07, 6.45) is 5.59. The Morgan fingerprint density at radius 1 is 1.06 bits per heavy atom. The van der Waals surface area contributed by atoms with E-state index in [1.165, 1.54) is 9.96 Å². The molecule has 2 aromatic rings. The van der Waals surface area contributed by atoms with Gasteiger partial charge in [-0.1, -0.05) is 86.3 Å². The van der Waals surface area contributed by atoms with Gasteiger partial charge in [0.15, 0.2) is 0 Å². The van der Waals surface area contributed by atoms with E-state index in [0.29, 0.717) is 25.2 Å². The summed E-state index contributed by atoms with van der Waals surface area (Å²) in [4.78, 5) is 45.1. The third kappa shape index (κ3) is 6.23. The number of ether oxygens (including phenoxy) is 1. The molecule has 34 heavy (non-hydrogen) atoms. The second-order valence-corrected chi connectivity index (χ2v) is 9.18. The molecule has 1 heterocycles. The van der Waals surface area contributed by atoms with Crippen LogP contribution in [0.1, 0.15) is 43.2 Å². The zero-order chi connectivity index (χ0) is 23.8. The lowest BCUT2D eigenvalue weighted by molar-refractivity contribution is -0.183. The Bertz CT molecular complexity index is 946. The molecule has 180 valence electrons. The highest BCUT2D eigenvalue weighted by Crippen LogP contribution is 2.32. The number of benzene rings is 2. The van der Waals surface area contributed by atoms with Gasteiger partial charge in [-0.05, 0) is 29.9 Å². The summed E-state index contributed by atoms with van der Waals surface area (Å²) in [6.45, 7) is 0.511. The minimum Gasteiger partial charge on any atom is -0.447 e. The Hall–Kier alpha value is -3.19. The molecule has 0 N–H and O–H groups in total. The van der Waals surface area contributed by atoms with Crippen LogP contribution >= 0.6 is 0 Å². The van der Waals surface area contributed by atoms with Crippen molar-refractivity contribution >= 4 is 18.4 Å². The summed E-state index contributed by atoms with van der Waals surface area (Å²) < 4.78 is 5.28. The van der Waals surface area contributed by atoms with E-state index in [2.05, 4.69) is 0 Å². The molecule has 0 spiro atoms. The fraction of sp³-hybridized carbons (Fsp3) is 0.444. The number of carbonyl (C=O) groups excluding carboxylic acids is 3. The van der Waals surface area contributed by atoms with E-state index in [1.807, 2.05) is 60.7 Å². The maximum absolute atomic E-state index is 13.7. The smallest absolute Gasteiger partial charge is 0.416 e. The number of nitrogens with zero attached hydrogens (tertiary/aromatic N) is 2. The van der Waals surface area contributed by atoms with E-state index in [1.54, 1.807) is 0 Å². The lowest BCUT2D eigenvalue weighted by Gasteiger charge is -2.29. The molecular formula is C27H32N2O5. The molecule has 4 rings (SSSR count). The van der Waals surface area contributed by atoms with Gasteiger partial charge in [0.2, 0.25) is 12.3 Å². The van der Waals surface area contributed by atoms with Crippen molar-refractivity contribution in [2.75, 3.05) is 13.2 Å². The summed E-state index contributed by atoms with van der Waals surface area (Å²) in [7, 11) is 0. The SMILES string of the molecule is O=CN(CC(CC1CCCC1)C(=O)N1C(=O)OCC1Cc1ccccc1)OCc1ccccc1. The van der Waals surface area contributed by atoms with Crippen molar-refractivity contribution in [1.82, 2.24) is 9.96 Å². The number of carbonyl (C=O) groups is 3. The quantitative estimate of drug-likeness (QED) is 0.365. The second kappa shape index (κ2) is 11.8. The van der Waals surface area contributed by atoms with Crippen molar-refractivity contribution in [1.29, 1.82) is 0 Å². The van der Waals surface area contributed by atoms with Crippen molar-refractivity contribution in [3.8, 4) is 0 Å². The molecule has 0 aromatic heterocycles. The summed E-state index contributed by atoms with van der Waals surface area (Å²) in [5, 5.41) is 1.19. The third-order valence-corrected chi connectivity index (χ3v) is 6.71. The van der Waals surface area contributed by atoms with E-state index in [-0.39, 0.29) is 31.7 Å². The Morgan fingerprint density at radius 3 is 2.35 bits per heavy atom. The predicted molar refractivity (Wildman–Crippen MR) is 126 cm³/mol. The maximum Gasteiger partial charge on any atom is 0.416 e. The molecule has 1 saturated heterocycles. The van der Waals surface area contributed by atoms with Crippen LogP contribution in [0.25, 0.3) is 0 Å². The first-order valence-electron chi connectivity index (χ1n) is 12.1. The Morgan fingerprint density at radius 2 is 1.71 bits per heavy atom. The van der Waals surface area contributed by atoms with Crippen LogP contribution in [0.15, 0.2) is 60.7 Å². The Kier molecular flexibility index (Phi) is 8.31. The molecule has 1 aliphatic heterocycles. The van der Waals surface area contributed by atoms with E-state index in [0.717, 1.165) is 36.8 Å². The van der Waals surface area contributed by atoms with E-state index >= 15 is 0 Å². The van der Waals surface area contributed by atoms with Crippen molar-refractivity contribution in [3.05, 3.63) is 71.8 Å². The summed E-state index contributed by atoms with van der Waals surface area (Å²) in [5.74, 6) is -0.415. The van der Waals surface area contributed by atoms with Gasteiger partial charge in [0.1, 0.15) is 13.2 Å². The van der Waals surface area contributed by atoms with Gasteiger partial charge in [-0.25, -0.2) is 14.8 Å². The van der Waals surface area contributed by atoms with Gasteiger partial charge < -0.3 is 4.74 Å². The van der Waals surface area contributed by atoms with Crippen molar-refractivity contribution in [2.45, 2.75) is 51.2 Å². The average molecular weight is 465 g/mol. The summed E-state index contributed by atoms with van der Waals surface area (Å²) >= 11 is 0. The lowest BCUT2D eigenvalue weighted by Crippen LogP contribution is -2.46. The lowest BCUT2D eigenvalue weighted by atomic mass is 9.91.